The molecule has 1 aromatic carbocycles. The largest absolute Gasteiger partial charge is 0.366 e. The smallest absolute Gasteiger partial charge is 0.251 e. The fraction of sp³-hybridized carbons (Fsp3) is 0.211. The van der Waals surface area contributed by atoms with Crippen LogP contribution in [0.15, 0.2) is 30.5 Å². The molecular formula is C19H16FN5O2S. The van der Waals surface area contributed by atoms with E-state index in [1.54, 1.807) is 17.9 Å². The van der Waals surface area contributed by atoms with Gasteiger partial charge in [-0.1, -0.05) is 0 Å². The van der Waals surface area contributed by atoms with Crippen LogP contribution in [-0.4, -0.2) is 28.5 Å². The number of hydrogen-bond donors (Lipinski definition) is 1. The Hall–Kier alpha value is -3.38. The van der Waals surface area contributed by atoms with Crippen LogP contribution in [0.1, 0.15) is 34.5 Å². The third kappa shape index (κ3) is 3.54. The molecule has 0 spiro atoms. The Bertz CT molecular complexity index is 1030. The van der Waals surface area contributed by atoms with Crippen LogP contribution < -0.4 is 15.5 Å². The summed E-state index contributed by atoms with van der Waals surface area (Å²) in [6, 6.07) is 7.64. The summed E-state index contributed by atoms with van der Waals surface area (Å²) in [5, 5.41) is 9.22. The van der Waals surface area contributed by atoms with E-state index >= 15 is 0 Å². The summed E-state index contributed by atoms with van der Waals surface area (Å²) >= 11 is 5.53. The van der Waals surface area contributed by atoms with Gasteiger partial charge in [0.2, 0.25) is 5.91 Å². The molecule has 0 saturated carbocycles. The first-order valence-electron chi connectivity index (χ1n) is 8.44. The Kier molecular flexibility index (Phi) is 5.33. The van der Waals surface area contributed by atoms with Crippen molar-refractivity contribution in [3.63, 3.8) is 0 Å². The second-order valence-corrected chi connectivity index (χ2v) is 6.63. The van der Waals surface area contributed by atoms with Crippen LogP contribution in [0.3, 0.4) is 0 Å². The highest BCUT2D eigenvalue weighted by Crippen LogP contribution is 2.27. The molecule has 142 valence electrons. The highest BCUT2D eigenvalue weighted by atomic mass is 32.1. The topological polar surface area (TPSA) is 103 Å². The molecule has 2 heterocycles. The fourth-order valence-corrected chi connectivity index (χ4v) is 3.39. The summed E-state index contributed by atoms with van der Waals surface area (Å²) in [6.45, 7) is 2.12. The maximum atomic E-state index is 14.2. The fourth-order valence-electron chi connectivity index (χ4n) is 2.99. The number of aromatic nitrogens is 1. The van der Waals surface area contributed by atoms with Crippen LogP contribution in [0.5, 0.6) is 0 Å². The minimum atomic E-state index is -0.863. The third-order valence-corrected chi connectivity index (χ3v) is 4.80. The van der Waals surface area contributed by atoms with E-state index in [-0.39, 0.29) is 28.7 Å². The number of aryl methyl sites for hydroxylation is 1. The van der Waals surface area contributed by atoms with Gasteiger partial charge in [-0.05, 0) is 55.4 Å². The minimum absolute atomic E-state index is 0.166. The number of thiocarbonyl (C=S) groups is 1. The molecule has 7 nitrogen and oxygen atoms in total. The van der Waals surface area contributed by atoms with Crippen molar-refractivity contribution in [2.45, 2.75) is 19.8 Å². The van der Waals surface area contributed by atoms with Gasteiger partial charge < -0.3 is 10.6 Å². The standard InChI is InChI=1S/C19H16FN5O2S/c1-11-7-13(10-23-16(11)9-21)25-17(26)3-2-6-24(19(25)28)12-4-5-14(18(22)27)15(20)8-12/h4-5,7-8,10H,2-3,6H2,1H3,(H2,22,27). The minimum Gasteiger partial charge on any atom is -0.366 e. The van der Waals surface area contributed by atoms with Gasteiger partial charge in [0.1, 0.15) is 17.6 Å². The van der Waals surface area contributed by atoms with Crippen LogP contribution in [0.4, 0.5) is 15.8 Å². The van der Waals surface area contributed by atoms with Gasteiger partial charge in [-0.15, -0.1) is 0 Å². The Labute approximate surface area is 166 Å². The molecule has 3 rings (SSSR count). The molecule has 28 heavy (non-hydrogen) atoms. The summed E-state index contributed by atoms with van der Waals surface area (Å²) in [7, 11) is 0. The summed E-state index contributed by atoms with van der Waals surface area (Å²) in [6.07, 6.45) is 2.17. The van der Waals surface area contributed by atoms with E-state index in [4.69, 9.17) is 23.2 Å². The summed E-state index contributed by atoms with van der Waals surface area (Å²) in [5.74, 6) is -1.84. The number of benzene rings is 1. The SMILES string of the molecule is Cc1cc(N2C(=O)CCCN(c3ccc(C(N)=O)c(F)c3)C2=S)cnc1C#N. The van der Waals surface area contributed by atoms with Gasteiger partial charge in [0, 0.05) is 18.7 Å². The van der Waals surface area contributed by atoms with Crippen molar-refractivity contribution >= 4 is 40.5 Å². The van der Waals surface area contributed by atoms with Gasteiger partial charge in [-0.3, -0.25) is 14.5 Å². The van der Waals surface area contributed by atoms with E-state index < -0.39 is 11.7 Å². The average Bonchev–Trinajstić information content (AvgIpc) is 2.79. The highest BCUT2D eigenvalue weighted by molar-refractivity contribution is 7.81. The lowest BCUT2D eigenvalue weighted by atomic mass is 10.1. The van der Waals surface area contributed by atoms with Crippen LogP contribution in [0, 0.1) is 24.1 Å². The Morgan fingerprint density at radius 1 is 1.36 bits per heavy atom. The number of pyridine rings is 1. The Morgan fingerprint density at radius 2 is 2.11 bits per heavy atom. The average molecular weight is 397 g/mol. The van der Waals surface area contributed by atoms with Crippen LogP contribution >= 0.6 is 12.2 Å². The van der Waals surface area contributed by atoms with E-state index in [1.165, 1.54) is 29.3 Å². The van der Waals surface area contributed by atoms with E-state index in [9.17, 15) is 14.0 Å². The molecule has 0 aliphatic carbocycles. The zero-order valence-electron chi connectivity index (χ0n) is 15.0. The molecule has 2 amide bonds. The maximum Gasteiger partial charge on any atom is 0.251 e. The maximum absolute atomic E-state index is 14.2. The van der Waals surface area contributed by atoms with E-state index in [0.717, 1.165) is 0 Å². The number of carbonyl (C=O) groups excluding carboxylic acids is 2. The lowest BCUT2D eigenvalue weighted by Gasteiger charge is -2.29. The van der Waals surface area contributed by atoms with Crippen LogP contribution in [0.2, 0.25) is 0 Å². The number of nitrogens with zero attached hydrogens (tertiary/aromatic N) is 4. The Balaban J connectivity index is 2.01. The summed E-state index contributed by atoms with van der Waals surface area (Å²) in [5.41, 5.74) is 6.65. The van der Waals surface area contributed by atoms with Crippen LogP contribution in [-0.2, 0) is 4.79 Å². The number of nitriles is 1. The van der Waals surface area contributed by atoms with Crippen molar-refractivity contribution in [3.05, 3.63) is 53.1 Å². The van der Waals surface area contributed by atoms with Crippen molar-refractivity contribution in [2.75, 3.05) is 16.3 Å². The first-order chi connectivity index (χ1) is 13.3. The number of rotatable bonds is 3. The summed E-state index contributed by atoms with van der Waals surface area (Å²) in [4.78, 5) is 30.9. The number of halogens is 1. The van der Waals surface area contributed by atoms with Crippen molar-refractivity contribution in [3.8, 4) is 6.07 Å². The number of amides is 2. The van der Waals surface area contributed by atoms with Gasteiger partial charge in [0.15, 0.2) is 5.11 Å². The normalized spacial score (nSPS) is 14.6. The number of anilines is 2. The number of primary amides is 1. The molecule has 2 N–H and O–H groups in total. The molecule has 1 saturated heterocycles. The molecule has 9 heteroatoms. The summed E-state index contributed by atoms with van der Waals surface area (Å²) < 4.78 is 14.2. The molecule has 1 aliphatic heterocycles. The first-order valence-corrected chi connectivity index (χ1v) is 8.85. The molecule has 0 bridgehead atoms. The molecule has 1 fully saturated rings. The van der Waals surface area contributed by atoms with Gasteiger partial charge in [-0.25, -0.2) is 9.37 Å². The van der Waals surface area contributed by atoms with Crippen molar-refractivity contribution in [1.82, 2.24) is 4.98 Å². The quantitative estimate of drug-likeness (QED) is 0.798. The number of hydrogen-bond acceptors (Lipinski definition) is 5. The molecule has 0 atom stereocenters. The van der Waals surface area contributed by atoms with Crippen LogP contribution in [0.25, 0.3) is 0 Å². The zero-order valence-corrected chi connectivity index (χ0v) is 15.8. The molecule has 2 aromatic rings. The molecule has 1 aromatic heterocycles. The molecule has 0 radical (unpaired) electrons. The van der Waals surface area contributed by atoms with Gasteiger partial charge in [0.25, 0.3) is 5.91 Å². The molecule has 0 unspecified atom stereocenters. The van der Waals surface area contributed by atoms with Crippen molar-refractivity contribution < 1.29 is 14.0 Å². The van der Waals surface area contributed by atoms with Crippen molar-refractivity contribution in [1.29, 1.82) is 5.26 Å². The van der Waals surface area contributed by atoms with E-state index in [2.05, 4.69) is 4.98 Å². The van der Waals surface area contributed by atoms with Gasteiger partial charge in [0.05, 0.1) is 17.4 Å². The molecule has 1 aliphatic rings. The predicted octanol–water partition coefficient (Wildman–Crippen LogP) is 2.42. The third-order valence-electron chi connectivity index (χ3n) is 4.40. The van der Waals surface area contributed by atoms with Gasteiger partial charge in [-0.2, -0.15) is 5.26 Å². The Morgan fingerprint density at radius 3 is 2.71 bits per heavy atom. The lowest BCUT2D eigenvalue weighted by molar-refractivity contribution is -0.117. The van der Waals surface area contributed by atoms with E-state index in [0.29, 0.717) is 29.9 Å². The second kappa shape index (κ2) is 7.70. The van der Waals surface area contributed by atoms with Crippen molar-refractivity contribution in [2.24, 2.45) is 5.73 Å². The predicted molar refractivity (Wildman–Crippen MR) is 105 cm³/mol. The second-order valence-electron chi connectivity index (χ2n) is 6.27. The number of nitrogens with two attached hydrogens (primary N) is 1. The number of carbonyl (C=O) groups is 2. The monoisotopic (exact) mass is 397 g/mol. The zero-order chi connectivity index (χ0) is 20.4. The van der Waals surface area contributed by atoms with Gasteiger partial charge >= 0.3 is 0 Å². The molecular weight excluding hydrogens is 381 g/mol. The highest BCUT2D eigenvalue weighted by Gasteiger charge is 2.29. The van der Waals surface area contributed by atoms with E-state index in [1.807, 2.05) is 6.07 Å². The first kappa shape index (κ1) is 19.4. The lowest BCUT2D eigenvalue weighted by Crippen LogP contribution is -2.44.